The summed E-state index contributed by atoms with van der Waals surface area (Å²) in [4.78, 5) is 21.5. The summed E-state index contributed by atoms with van der Waals surface area (Å²) >= 11 is 6.61. The first kappa shape index (κ1) is 23.8. The molecule has 0 spiro atoms. The highest BCUT2D eigenvalue weighted by molar-refractivity contribution is 7.92. The zero-order valence-electron chi connectivity index (χ0n) is 18.9. The number of hydrogen-bond donors (Lipinski definition) is 1. The molecule has 1 aromatic heterocycles. The Hall–Kier alpha value is -2.34. The van der Waals surface area contributed by atoms with E-state index in [-0.39, 0.29) is 11.8 Å². The van der Waals surface area contributed by atoms with E-state index in [1.165, 1.54) is 22.5 Å². The van der Waals surface area contributed by atoms with Crippen LogP contribution < -0.4 is 9.62 Å². The normalized spacial score (nSPS) is 18.5. The van der Waals surface area contributed by atoms with Crippen LogP contribution in [-0.4, -0.2) is 105 Å². The Kier molecular flexibility index (Phi) is 7.13. The van der Waals surface area contributed by atoms with Crippen molar-refractivity contribution in [3.8, 4) is 0 Å². The quantitative estimate of drug-likeness (QED) is 0.670. The van der Waals surface area contributed by atoms with Gasteiger partial charge in [0.25, 0.3) is 0 Å². The lowest BCUT2D eigenvalue weighted by atomic mass is 10.1. The van der Waals surface area contributed by atoms with Gasteiger partial charge in [-0.3, -0.25) is 9.62 Å². The molecule has 0 atom stereocenters. The van der Waals surface area contributed by atoms with Crippen LogP contribution in [0.25, 0.3) is 0 Å². The number of sulfonamides is 1. The zero-order valence-corrected chi connectivity index (χ0v) is 20.5. The van der Waals surface area contributed by atoms with Gasteiger partial charge in [-0.25, -0.2) is 13.2 Å². The molecule has 0 radical (unpaired) electrons. The molecule has 12 heteroatoms. The van der Waals surface area contributed by atoms with E-state index in [2.05, 4.69) is 37.6 Å². The number of halogens is 1. The summed E-state index contributed by atoms with van der Waals surface area (Å²) in [5.74, 6) is 0.127. The average molecular weight is 496 g/mol. The van der Waals surface area contributed by atoms with Gasteiger partial charge in [0.05, 0.1) is 17.0 Å². The van der Waals surface area contributed by atoms with Gasteiger partial charge in [-0.05, 0) is 18.7 Å². The van der Waals surface area contributed by atoms with Crippen molar-refractivity contribution in [3.05, 3.63) is 41.0 Å². The third-order valence-electron chi connectivity index (χ3n) is 6.00. The van der Waals surface area contributed by atoms with E-state index < -0.39 is 10.0 Å². The molecule has 10 nitrogen and oxygen atoms in total. The number of carbonyl (C=O) groups excluding carboxylic acids is 1. The highest BCUT2D eigenvalue weighted by Gasteiger charge is 2.25. The number of para-hydroxylation sites is 1. The fourth-order valence-electron chi connectivity index (χ4n) is 4.23. The lowest BCUT2D eigenvalue weighted by Crippen LogP contribution is -2.50. The highest BCUT2D eigenvalue weighted by Crippen LogP contribution is 2.32. The molecule has 1 N–H and O–H groups in total. The van der Waals surface area contributed by atoms with Gasteiger partial charge in [0.1, 0.15) is 0 Å². The number of aromatic nitrogens is 2. The predicted octanol–water partition coefficient (Wildman–Crippen LogP) is 1.45. The number of nitrogens with zero attached hydrogens (tertiary/aromatic N) is 6. The molecular weight excluding hydrogens is 466 g/mol. The highest BCUT2D eigenvalue weighted by atomic mass is 35.5. The van der Waals surface area contributed by atoms with E-state index in [0.717, 1.165) is 62.8 Å². The van der Waals surface area contributed by atoms with E-state index in [0.29, 0.717) is 13.1 Å². The van der Waals surface area contributed by atoms with Crippen LogP contribution in [0.5, 0.6) is 0 Å². The Bertz CT molecular complexity index is 1090. The number of carbonyl (C=O) groups is 1. The summed E-state index contributed by atoms with van der Waals surface area (Å²) in [6.45, 7) is 7.31. The molecule has 2 fully saturated rings. The van der Waals surface area contributed by atoms with Crippen molar-refractivity contribution in [2.45, 2.75) is 6.54 Å². The average Bonchev–Trinajstić information content (AvgIpc) is 3.22. The van der Waals surface area contributed by atoms with Gasteiger partial charge in [0, 0.05) is 71.2 Å². The SMILES string of the molecule is CN1CCN(c2c(Cl)cccc2CN2CCN(C(=O)n3ccc(NS(C)(=O)=O)n3)CC2)CC1. The third-order valence-corrected chi connectivity index (χ3v) is 6.89. The summed E-state index contributed by atoms with van der Waals surface area (Å²) in [6.07, 6.45) is 2.51. The van der Waals surface area contributed by atoms with Crippen LogP contribution in [-0.2, 0) is 16.6 Å². The molecule has 2 aromatic rings. The van der Waals surface area contributed by atoms with Crippen LogP contribution in [0.1, 0.15) is 5.56 Å². The minimum atomic E-state index is -3.44. The van der Waals surface area contributed by atoms with Crippen LogP contribution in [0.2, 0.25) is 5.02 Å². The van der Waals surface area contributed by atoms with Gasteiger partial charge in [0.15, 0.2) is 5.82 Å². The maximum atomic E-state index is 12.8. The number of rotatable bonds is 5. The lowest BCUT2D eigenvalue weighted by Gasteiger charge is -2.38. The number of amides is 1. The zero-order chi connectivity index (χ0) is 23.6. The summed E-state index contributed by atoms with van der Waals surface area (Å²) < 4.78 is 26.2. The number of benzene rings is 1. The number of nitrogens with one attached hydrogen (secondary N) is 1. The molecular formula is C21H30ClN7O3S. The number of likely N-dealkylation sites (N-methyl/N-ethyl adjacent to an activating group) is 1. The van der Waals surface area contributed by atoms with Crippen molar-refractivity contribution < 1.29 is 13.2 Å². The van der Waals surface area contributed by atoms with Crippen LogP contribution in [0.15, 0.2) is 30.5 Å². The van der Waals surface area contributed by atoms with Crippen molar-refractivity contribution >= 4 is 39.2 Å². The molecule has 0 saturated carbocycles. The Labute approximate surface area is 199 Å². The predicted molar refractivity (Wildman–Crippen MR) is 129 cm³/mol. The topological polar surface area (TPSA) is 94.0 Å². The smallest absolute Gasteiger partial charge is 0.344 e. The minimum absolute atomic E-state index is 0.127. The Balaban J connectivity index is 1.36. The molecule has 180 valence electrons. The summed E-state index contributed by atoms with van der Waals surface area (Å²) in [5.41, 5.74) is 2.32. The second-order valence-corrected chi connectivity index (χ2v) is 10.8. The standard InChI is InChI=1S/C21H30ClN7O3S/c1-25-8-12-27(13-9-25)20-17(4-3-5-18(20)22)16-26-10-14-28(15-11-26)21(30)29-7-6-19(23-29)24-33(2,31)32/h3-7H,8-16H2,1-2H3,(H,23,24). The molecule has 1 aromatic carbocycles. The van der Waals surface area contributed by atoms with E-state index in [4.69, 9.17) is 11.6 Å². The first-order chi connectivity index (χ1) is 15.7. The summed E-state index contributed by atoms with van der Waals surface area (Å²) in [7, 11) is -1.30. The van der Waals surface area contributed by atoms with Gasteiger partial charge in [-0.2, -0.15) is 4.68 Å². The fraction of sp³-hybridized carbons (Fsp3) is 0.524. The summed E-state index contributed by atoms with van der Waals surface area (Å²) in [6, 6.07) is 7.28. The third kappa shape index (κ3) is 5.97. The van der Waals surface area contributed by atoms with Crippen LogP contribution >= 0.6 is 11.6 Å². The van der Waals surface area contributed by atoms with Crippen molar-refractivity contribution in [1.82, 2.24) is 24.5 Å². The van der Waals surface area contributed by atoms with E-state index in [1.54, 1.807) is 4.90 Å². The molecule has 3 heterocycles. The maximum Gasteiger partial charge on any atom is 0.344 e. The van der Waals surface area contributed by atoms with E-state index in [9.17, 15) is 13.2 Å². The lowest BCUT2D eigenvalue weighted by molar-refractivity contribution is 0.134. The molecule has 2 saturated heterocycles. The number of hydrogen-bond acceptors (Lipinski definition) is 7. The first-order valence-corrected chi connectivity index (χ1v) is 13.2. The Morgan fingerprint density at radius 2 is 1.76 bits per heavy atom. The molecule has 0 unspecified atom stereocenters. The molecule has 1 amide bonds. The Morgan fingerprint density at radius 1 is 1.06 bits per heavy atom. The van der Waals surface area contributed by atoms with Gasteiger partial charge >= 0.3 is 6.03 Å². The van der Waals surface area contributed by atoms with Crippen molar-refractivity contribution in [1.29, 1.82) is 0 Å². The van der Waals surface area contributed by atoms with Gasteiger partial charge in [0.2, 0.25) is 10.0 Å². The molecule has 4 rings (SSSR count). The molecule has 0 aliphatic carbocycles. The van der Waals surface area contributed by atoms with Crippen LogP contribution in [0.4, 0.5) is 16.3 Å². The van der Waals surface area contributed by atoms with Crippen LogP contribution in [0.3, 0.4) is 0 Å². The molecule has 33 heavy (non-hydrogen) atoms. The van der Waals surface area contributed by atoms with Crippen molar-refractivity contribution in [2.75, 3.05) is 75.3 Å². The first-order valence-electron chi connectivity index (χ1n) is 11.0. The fourth-order valence-corrected chi connectivity index (χ4v) is 5.03. The van der Waals surface area contributed by atoms with Crippen LogP contribution in [0, 0.1) is 0 Å². The second-order valence-electron chi connectivity index (χ2n) is 8.60. The second kappa shape index (κ2) is 9.88. The summed E-state index contributed by atoms with van der Waals surface area (Å²) in [5, 5.41) is 4.81. The van der Waals surface area contributed by atoms with Crippen molar-refractivity contribution in [3.63, 3.8) is 0 Å². The number of piperazine rings is 2. The molecule has 0 bridgehead atoms. The maximum absolute atomic E-state index is 12.8. The largest absolute Gasteiger partial charge is 0.368 e. The van der Waals surface area contributed by atoms with E-state index >= 15 is 0 Å². The van der Waals surface area contributed by atoms with Crippen molar-refractivity contribution in [2.24, 2.45) is 0 Å². The Morgan fingerprint density at radius 3 is 2.42 bits per heavy atom. The van der Waals surface area contributed by atoms with E-state index in [1.807, 2.05) is 12.1 Å². The number of anilines is 2. The minimum Gasteiger partial charge on any atom is -0.368 e. The van der Waals surface area contributed by atoms with Gasteiger partial charge in [-0.15, -0.1) is 5.10 Å². The molecule has 2 aliphatic heterocycles. The monoisotopic (exact) mass is 495 g/mol. The molecule has 2 aliphatic rings. The van der Waals surface area contributed by atoms with Gasteiger partial charge in [-0.1, -0.05) is 23.7 Å². The van der Waals surface area contributed by atoms with Gasteiger partial charge < -0.3 is 14.7 Å².